The van der Waals surface area contributed by atoms with Gasteiger partial charge < -0.3 is 14.2 Å². The first-order valence-corrected chi connectivity index (χ1v) is 16.3. The van der Waals surface area contributed by atoms with Gasteiger partial charge in [-0.1, -0.05) is 41.7 Å². The molecule has 11 heteroatoms. The van der Waals surface area contributed by atoms with Crippen molar-refractivity contribution < 1.29 is 23.8 Å². The number of nitrogens with zero attached hydrogens (tertiary/aromatic N) is 4. The predicted molar refractivity (Wildman–Crippen MR) is 183 cm³/mol. The van der Waals surface area contributed by atoms with Crippen molar-refractivity contribution >= 4 is 29.4 Å². The van der Waals surface area contributed by atoms with Crippen LogP contribution in [0.15, 0.2) is 106 Å². The van der Waals surface area contributed by atoms with E-state index in [0.717, 1.165) is 22.6 Å². The van der Waals surface area contributed by atoms with E-state index in [4.69, 9.17) is 24.3 Å². The number of hydrogen-bond acceptors (Lipinski definition) is 9. The van der Waals surface area contributed by atoms with Gasteiger partial charge in [-0.05, 0) is 87.9 Å². The monoisotopic (exact) mass is 662 g/mol. The molecule has 0 fully saturated rings. The minimum Gasteiger partial charge on any atom is -0.494 e. The fourth-order valence-electron chi connectivity index (χ4n) is 5.54. The number of aromatic nitrogens is 3. The van der Waals surface area contributed by atoms with Gasteiger partial charge in [-0.2, -0.15) is 5.10 Å². The second kappa shape index (κ2) is 13.7. The zero-order valence-electron chi connectivity index (χ0n) is 27.2. The number of hydrogen-bond donors (Lipinski definition) is 0. The first-order chi connectivity index (χ1) is 23.2. The molecule has 1 unspecified atom stereocenters. The third kappa shape index (κ3) is 6.37. The highest BCUT2D eigenvalue weighted by Gasteiger charge is 2.34. The number of thiazole rings is 1. The van der Waals surface area contributed by atoms with E-state index in [9.17, 15) is 14.4 Å². The second-order valence-electron chi connectivity index (χ2n) is 11.3. The van der Waals surface area contributed by atoms with Gasteiger partial charge in [0.1, 0.15) is 11.4 Å². The summed E-state index contributed by atoms with van der Waals surface area (Å²) >= 11 is 1.23. The van der Waals surface area contributed by atoms with Crippen LogP contribution >= 0.6 is 11.3 Å². The van der Waals surface area contributed by atoms with Crippen molar-refractivity contribution in [3.63, 3.8) is 0 Å². The molecule has 0 spiro atoms. The lowest BCUT2D eigenvalue weighted by Gasteiger charge is -2.25. The number of carbonyl (C=O) groups excluding carboxylic acids is 2. The van der Waals surface area contributed by atoms with Crippen molar-refractivity contribution in [1.82, 2.24) is 14.3 Å². The Balaban J connectivity index is 1.52. The molecule has 0 saturated heterocycles. The van der Waals surface area contributed by atoms with Crippen LogP contribution in [0, 0.1) is 0 Å². The summed E-state index contributed by atoms with van der Waals surface area (Å²) in [5.74, 6) is -0.305. The average molecular weight is 663 g/mol. The quantitative estimate of drug-likeness (QED) is 0.199. The summed E-state index contributed by atoms with van der Waals surface area (Å²) in [6.45, 7) is 7.75. The smallest absolute Gasteiger partial charge is 0.338 e. The van der Waals surface area contributed by atoms with Crippen molar-refractivity contribution in [2.45, 2.75) is 39.8 Å². The van der Waals surface area contributed by atoms with E-state index in [1.807, 2.05) is 73.8 Å². The normalized spacial score (nSPS) is 14.5. The van der Waals surface area contributed by atoms with E-state index in [1.165, 1.54) is 23.0 Å². The summed E-state index contributed by atoms with van der Waals surface area (Å²) in [6, 6.07) is 23.2. The zero-order valence-corrected chi connectivity index (χ0v) is 28.0. The lowest BCUT2D eigenvalue weighted by Crippen LogP contribution is -2.40. The van der Waals surface area contributed by atoms with Gasteiger partial charge in [0.05, 0.1) is 52.9 Å². The van der Waals surface area contributed by atoms with Gasteiger partial charge in [-0.15, -0.1) is 0 Å². The first kappa shape index (κ1) is 32.4. The average Bonchev–Trinajstić information content (AvgIpc) is 3.64. The minimum atomic E-state index is -0.834. The van der Waals surface area contributed by atoms with E-state index < -0.39 is 18.0 Å². The molecule has 10 nitrogen and oxygen atoms in total. The molecule has 0 aliphatic carbocycles. The standard InChI is InChI=1S/C37H34N4O6S/c1-6-46-29-18-16-24(17-19-29)32-27(21-40(39-32)28-10-8-7-9-11-28)20-30-34(42)41-33(25-12-14-26(15-13-25)35(43)45-5)31(36(44)47-22(2)3)23(4)38-37(41)48-30/h7-22,33H,6H2,1-5H3/b30-20-. The van der Waals surface area contributed by atoms with Gasteiger partial charge in [0.25, 0.3) is 5.56 Å². The summed E-state index contributed by atoms with van der Waals surface area (Å²) in [4.78, 5) is 45.1. The highest BCUT2D eigenvalue weighted by Crippen LogP contribution is 2.32. The first-order valence-electron chi connectivity index (χ1n) is 15.5. The number of rotatable bonds is 9. The summed E-state index contributed by atoms with van der Waals surface area (Å²) in [6.07, 6.45) is 3.32. The Kier molecular flexibility index (Phi) is 9.22. The Morgan fingerprint density at radius 2 is 1.69 bits per heavy atom. The number of para-hydroxylation sites is 1. The van der Waals surface area contributed by atoms with Crippen LogP contribution in [0.4, 0.5) is 0 Å². The van der Waals surface area contributed by atoms with Crippen molar-refractivity contribution in [2.24, 2.45) is 4.99 Å². The second-order valence-corrected chi connectivity index (χ2v) is 12.3. The van der Waals surface area contributed by atoms with E-state index in [-0.39, 0.29) is 17.2 Å². The fourth-order valence-corrected chi connectivity index (χ4v) is 6.58. The Labute approximate surface area is 280 Å². The van der Waals surface area contributed by atoms with E-state index in [0.29, 0.717) is 38.5 Å². The number of methoxy groups -OCH3 is 1. The zero-order chi connectivity index (χ0) is 33.9. The fraction of sp³-hybridized carbons (Fsp3) is 0.216. The number of esters is 2. The largest absolute Gasteiger partial charge is 0.494 e. The van der Waals surface area contributed by atoms with E-state index in [1.54, 1.807) is 49.7 Å². The molecule has 6 rings (SSSR count). The van der Waals surface area contributed by atoms with Crippen LogP contribution in [0.25, 0.3) is 23.0 Å². The van der Waals surface area contributed by atoms with Gasteiger partial charge >= 0.3 is 11.9 Å². The van der Waals surface area contributed by atoms with Crippen LogP contribution in [-0.4, -0.2) is 46.1 Å². The van der Waals surface area contributed by atoms with E-state index in [2.05, 4.69) is 0 Å². The minimum absolute atomic E-state index is 0.250. The topological polar surface area (TPSA) is 114 Å². The Morgan fingerprint density at radius 1 is 0.979 bits per heavy atom. The number of allylic oxidation sites excluding steroid dienone is 1. The van der Waals surface area contributed by atoms with Crippen molar-refractivity contribution in [1.29, 1.82) is 0 Å². The number of benzene rings is 3. The maximum atomic E-state index is 14.4. The maximum absolute atomic E-state index is 14.4. The lowest BCUT2D eigenvalue weighted by molar-refractivity contribution is -0.143. The molecule has 48 heavy (non-hydrogen) atoms. The van der Waals surface area contributed by atoms with E-state index >= 15 is 0 Å². The van der Waals surface area contributed by atoms with Crippen molar-refractivity contribution in [3.05, 3.63) is 133 Å². The molecule has 0 bridgehead atoms. The molecule has 5 aromatic rings. The van der Waals surface area contributed by atoms with Crippen LogP contribution in [0.1, 0.15) is 55.2 Å². The molecular weight excluding hydrogens is 628 g/mol. The van der Waals surface area contributed by atoms with Gasteiger partial charge in [-0.25, -0.2) is 19.3 Å². The number of ether oxygens (including phenoxy) is 3. The summed E-state index contributed by atoms with van der Waals surface area (Å²) in [5, 5.41) is 4.91. The highest BCUT2D eigenvalue weighted by molar-refractivity contribution is 7.07. The molecule has 0 N–H and O–H groups in total. The number of carbonyl (C=O) groups is 2. The van der Waals surface area contributed by atoms with Crippen molar-refractivity contribution in [2.75, 3.05) is 13.7 Å². The molecule has 0 amide bonds. The lowest BCUT2D eigenvalue weighted by atomic mass is 9.95. The molecule has 3 aromatic carbocycles. The molecule has 1 atom stereocenters. The summed E-state index contributed by atoms with van der Waals surface area (Å²) in [5.41, 5.74) is 4.46. The Morgan fingerprint density at radius 3 is 2.33 bits per heavy atom. The summed E-state index contributed by atoms with van der Waals surface area (Å²) in [7, 11) is 1.31. The Bertz CT molecular complexity index is 2190. The maximum Gasteiger partial charge on any atom is 0.338 e. The van der Waals surface area contributed by atoms with Gasteiger partial charge in [0, 0.05) is 17.3 Å². The predicted octanol–water partition coefficient (Wildman–Crippen LogP) is 5.22. The van der Waals surface area contributed by atoms with Crippen LogP contribution in [0.2, 0.25) is 0 Å². The molecule has 244 valence electrons. The highest BCUT2D eigenvalue weighted by atomic mass is 32.1. The summed E-state index contributed by atoms with van der Waals surface area (Å²) < 4.78 is 19.8. The Hall–Kier alpha value is -5.55. The third-order valence-electron chi connectivity index (χ3n) is 7.72. The van der Waals surface area contributed by atoms with Gasteiger partial charge in [-0.3, -0.25) is 9.36 Å². The van der Waals surface area contributed by atoms with Crippen LogP contribution in [-0.2, 0) is 14.3 Å². The molecule has 0 radical (unpaired) electrons. The molecule has 3 heterocycles. The molecule has 1 aliphatic heterocycles. The molecule has 1 aliphatic rings. The van der Waals surface area contributed by atoms with Gasteiger partial charge in [0.15, 0.2) is 4.80 Å². The third-order valence-corrected chi connectivity index (χ3v) is 8.70. The van der Waals surface area contributed by atoms with Gasteiger partial charge in [0.2, 0.25) is 0 Å². The molecule has 0 saturated carbocycles. The van der Waals surface area contributed by atoms with Crippen LogP contribution < -0.4 is 19.6 Å². The van der Waals surface area contributed by atoms with Crippen LogP contribution in [0.3, 0.4) is 0 Å². The number of fused-ring (bicyclic) bond motifs is 1. The molecular formula is C37H34N4O6S. The molecule has 2 aromatic heterocycles. The van der Waals surface area contributed by atoms with Crippen molar-refractivity contribution in [3.8, 4) is 22.7 Å². The SMILES string of the molecule is CCOc1ccc(-c2nn(-c3ccccc3)cc2/C=c2\sc3n(c2=O)C(c2ccc(C(=O)OC)cc2)C(C(=O)OC(C)C)=C(C)N=3)cc1. The van der Waals surface area contributed by atoms with Crippen LogP contribution in [0.5, 0.6) is 5.75 Å².